The molecule has 3 rings (SSSR count). The Balaban J connectivity index is 1.64. The highest BCUT2D eigenvalue weighted by Gasteiger charge is 2.18. The lowest BCUT2D eigenvalue weighted by atomic mass is 9.87. The Labute approximate surface area is 144 Å². The van der Waals surface area contributed by atoms with Crippen molar-refractivity contribution in [3.05, 3.63) is 54.1 Å². The normalized spacial score (nSPS) is 15.0. The van der Waals surface area contributed by atoms with E-state index in [1.54, 1.807) is 0 Å². The highest BCUT2D eigenvalue weighted by molar-refractivity contribution is 5.92. The number of hydrogen-bond acceptors (Lipinski definition) is 2. The standard InChI is InChI=1S/C21H25NO2/c1-16-11-13-18(14-12-16)24-20-10-6-5-9-19(20)22-21(23)15-17-7-3-2-4-8-17/h5-6,9-14,17H,2-4,7-8,15H2,1H3,(H,22,23). The molecule has 3 nitrogen and oxygen atoms in total. The zero-order valence-electron chi connectivity index (χ0n) is 14.3. The summed E-state index contributed by atoms with van der Waals surface area (Å²) in [5, 5.41) is 3.03. The topological polar surface area (TPSA) is 38.3 Å². The van der Waals surface area contributed by atoms with E-state index in [1.807, 2.05) is 55.5 Å². The van der Waals surface area contributed by atoms with Crippen molar-refractivity contribution in [3.8, 4) is 11.5 Å². The molecule has 1 aliphatic rings. The summed E-state index contributed by atoms with van der Waals surface area (Å²) < 4.78 is 5.94. The van der Waals surface area contributed by atoms with Crippen molar-refractivity contribution in [1.29, 1.82) is 0 Å². The summed E-state index contributed by atoms with van der Waals surface area (Å²) in [7, 11) is 0. The van der Waals surface area contributed by atoms with Gasteiger partial charge in [0.25, 0.3) is 0 Å². The summed E-state index contributed by atoms with van der Waals surface area (Å²) in [5.74, 6) is 2.07. The van der Waals surface area contributed by atoms with E-state index in [2.05, 4.69) is 5.32 Å². The smallest absolute Gasteiger partial charge is 0.224 e. The van der Waals surface area contributed by atoms with Crippen LogP contribution in [0.25, 0.3) is 0 Å². The lowest BCUT2D eigenvalue weighted by Gasteiger charge is -2.21. The molecule has 2 aromatic carbocycles. The number of anilines is 1. The number of carbonyl (C=O) groups is 1. The minimum atomic E-state index is 0.0851. The first-order chi connectivity index (χ1) is 11.7. The number of ether oxygens (including phenoxy) is 1. The molecule has 0 saturated heterocycles. The van der Waals surface area contributed by atoms with E-state index in [0.717, 1.165) is 11.4 Å². The van der Waals surface area contributed by atoms with Crippen molar-refractivity contribution in [3.63, 3.8) is 0 Å². The van der Waals surface area contributed by atoms with Crippen LogP contribution in [-0.4, -0.2) is 5.91 Å². The molecule has 0 aromatic heterocycles. The van der Waals surface area contributed by atoms with Crippen LogP contribution in [0.2, 0.25) is 0 Å². The molecule has 24 heavy (non-hydrogen) atoms. The minimum Gasteiger partial charge on any atom is -0.455 e. The molecular formula is C21H25NO2. The Morgan fingerprint density at radius 2 is 1.75 bits per heavy atom. The van der Waals surface area contributed by atoms with Gasteiger partial charge >= 0.3 is 0 Å². The lowest BCUT2D eigenvalue weighted by molar-refractivity contribution is -0.117. The van der Waals surface area contributed by atoms with E-state index < -0.39 is 0 Å². The predicted molar refractivity (Wildman–Crippen MR) is 97.5 cm³/mol. The SMILES string of the molecule is Cc1ccc(Oc2ccccc2NC(=O)CC2CCCCC2)cc1. The number of rotatable bonds is 5. The van der Waals surface area contributed by atoms with E-state index in [4.69, 9.17) is 4.74 Å². The van der Waals surface area contributed by atoms with Crippen molar-refractivity contribution >= 4 is 11.6 Å². The highest BCUT2D eigenvalue weighted by Crippen LogP contribution is 2.31. The van der Waals surface area contributed by atoms with Gasteiger partial charge in [-0.05, 0) is 49.9 Å². The van der Waals surface area contributed by atoms with Gasteiger partial charge in [-0.3, -0.25) is 4.79 Å². The number of hydrogen-bond donors (Lipinski definition) is 1. The number of amides is 1. The second kappa shape index (κ2) is 8.00. The minimum absolute atomic E-state index is 0.0851. The largest absolute Gasteiger partial charge is 0.455 e. The molecule has 0 radical (unpaired) electrons. The highest BCUT2D eigenvalue weighted by atomic mass is 16.5. The summed E-state index contributed by atoms with van der Waals surface area (Å²) in [4.78, 5) is 12.4. The molecule has 1 saturated carbocycles. The number of aryl methyl sites for hydroxylation is 1. The van der Waals surface area contributed by atoms with Gasteiger partial charge < -0.3 is 10.1 Å². The fourth-order valence-corrected chi connectivity index (χ4v) is 3.25. The first kappa shape index (κ1) is 16.6. The zero-order chi connectivity index (χ0) is 16.8. The maximum absolute atomic E-state index is 12.4. The van der Waals surface area contributed by atoms with E-state index >= 15 is 0 Å². The molecule has 0 atom stereocenters. The van der Waals surface area contributed by atoms with Crippen LogP contribution in [0.4, 0.5) is 5.69 Å². The quantitative estimate of drug-likeness (QED) is 0.767. The van der Waals surface area contributed by atoms with Crippen molar-refractivity contribution in [2.24, 2.45) is 5.92 Å². The molecule has 1 amide bonds. The van der Waals surface area contributed by atoms with Crippen molar-refractivity contribution in [2.45, 2.75) is 45.4 Å². The summed E-state index contributed by atoms with van der Waals surface area (Å²) in [6, 6.07) is 15.5. The molecule has 0 spiro atoms. The zero-order valence-corrected chi connectivity index (χ0v) is 14.3. The second-order valence-corrected chi connectivity index (χ2v) is 6.67. The van der Waals surface area contributed by atoms with Gasteiger partial charge in [-0.15, -0.1) is 0 Å². The number of nitrogens with one attached hydrogen (secondary N) is 1. The lowest BCUT2D eigenvalue weighted by Crippen LogP contribution is -2.18. The third kappa shape index (κ3) is 4.60. The maximum Gasteiger partial charge on any atom is 0.224 e. The molecule has 0 unspecified atom stereocenters. The van der Waals surface area contributed by atoms with Crippen LogP contribution in [0, 0.1) is 12.8 Å². The van der Waals surface area contributed by atoms with Crippen LogP contribution in [0.5, 0.6) is 11.5 Å². The van der Waals surface area contributed by atoms with Gasteiger partial charge in [0.05, 0.1) is 5.69 Å². The maximum atomic E-state index is 12.4. The van der Waals surface area contributed by atoms with E-state index in [0.29, 0.717) is 18.1 Å². The molecule has 0 heterocycles. The average molecular weight is 323 g/mol. The first-order valence-corrected chi connectivity index (χ1v) is 8.84. The van der Waals surface area contributed by atoms with E-state index in [1.165, 1.54) is 37.7 Å². The molecule has 3 heteroatoms. The predicted octanol–water partition coefficient (Wildman–Crippen LogP) is 5.70. The van der Waals surface area contributed by atoms with Gasteiger partial charge in [0.15, 0.2) is 5.75 Å². The van der Waals surface area contributed by atoms with E-state index in [-0.39, 0.29) is 5.91 Å². The molecule has 2 aromatic rings. The summed E-state index contributed by atoms with van der Waals surface area (Å²) in [5.41, 5.74) is 1.93. The van der Waals surface area contributed by atoms with Crippen LogP contribution < -0.4 is 10.1 Å². The molecule has 1 fully saturated rings. The molecule has 0 bridgehead atoms. The van der Waals surface area contributed by atoms with Gasteiger partial charge in [-0.25, -0.2) is 0 Å². The summed E-state index contributed by atoms with van der Waals surface area (Å²) in [6.45, 7) is 2.04. The Kier molecular flexibility index (Phi) is 5.52. The number of para-hydroxylation sites is 2. The number of benzene rings is 2. The Hall–Kier alpha value is -2.29. The van der Waals surface area contributed by atoms with Crippen LogP contribution in [0.3, 0.4) is 0 Å². The third-order valence-electron chi connectivity index (χ3n) is 4.61. The monoisotopic (exact) mass is 323 g/mol. The summed E-state index contributed by atoms with van der Waals surface area (Å²) in [6.07, 6.45) is 6.78. The average Bonchev–Trinajstić information content (AvgIpc) is 2.59. The van der Waals surface area contributed by atoms with Gasteiger partial charge in [0, 0.05) is 6.42 Å². The summed E-state index contributed by atoms with van der Waals surface area (Å²) >= 11 is 0. The molecule has 1 aliphatic carbocycles. The second-order valence-electron chi connectivity index (χ2n) is 6.67. The molecular weight excluding hydrogens is 298 g/mol. The molecule has 1 N–H and O–H groups in total. The van der Waals surface area contributed by atoms with Crippen LogP contribution >= 0.6 is 0 Å². The van der Waals surface area contributed by atoms with Gasteiger partial charge in [-0.2, -0.15) is 0 Å². The Morgan fingerprint density at radius 3 is 2.50 bits per heavy atom. The molecule has 126 valence electrons. The fourth-order valence-electron chi connectivity index (χ4n) is 3.25. The fraction of sp³-hybridized carbons (Fsp3) is 0.381. The first-order valence-electron chi connectivity index (χ1n) is 8.84. The van der Waals surface area contributed by atoms with Gasteiger partial charge in [0.1, 0.15) is 5.75 Å². The van der Waals surface area contributed by atoms with Crippen LogP contribution in [0.1, 0.15) is 44.1 Å². The van der Waals surface area contributed by atoms with Gasteiger partial charge in [-0.1, -0.05) is 49.1 Å². The van der Waals surface area contributed by atoms with E-state index in [9.17, 15) is 4.79 Å². The molecule has 0 aliphatic heterocycles. The Bertz CT molecular complexity index is 672. The number of carbonyl (C=O) groups excluding carboxylic acids is 1. The van der Waals surface area contributed by atoms with Gasteiger partial charge in [0.2, 0.25) is 5.91 Å². The third-order valence-corrected chi connectivity index (χ3v) is 4.61. The van der Waals surface area contributed by atoms with Crippen molar-refractivity contribution < 1.29 is 9.53 Å². The Morgan fingerprint density at radius 1 is 1.04 bits per heavy atom. The van der Waals surface area contributed by atoms with Crippen LogP contribution in [-0.2, 0) is 4.79 Å². The van der Waals surface area contributed by atoms with Crippen molar-refractivity contribution in [2.75, 3.05) is 5.32 Å². The van der Waals surface area contributed by atoms with Crippen LogP contribution in [0.15, 0.2) is 48.5 Å². The van der Waals surface area contributed by atoms with Crippen molar-refractivity contribution in [1.82, 2.24) is 0 Å².